The van der Waals surface area contributed by atoms with Crippen LogP contribution < -0.4 is 5.32 Å². The number of nitrogens with one attached hydrogen (secondary N) is 1. The number of phenolic OH excluding ortho intramolecular Hbond substituents is 1. The van der Waals surface area contributed by atoms with Crippen molar-refractivity contribution in [1.82, 2.24) is 10.2 Å². The molecule has 1 saturated heterocycles. The normalized spacial score (nSPS) is 17.1. The molecule has 1 fully saturated rings. The molecule has 2 rings (SSSR count). The van der Waals surface area contributed by atoms with E-state index < -0.39 is 0 Å². The Balaban J connectivity index is 2.06. The zero-order valence-electron chi connectivity index (χ0n) is 11.1. The maximum absolute atomic E-state index is 10.1. The molecule has 0 saturated carbocycles. The number of halogens is 1. The first-order valence-electron chi connectivity index (χ1n) is 6.50. The van der Waals surface area contributed by atoms with Gasteiger partial charge in [0.05, 0.1) is 5.02 Å². The Hall–Kier alpha value is -0.770. The fourth-order valence-corrected chi connectivity index (χ4v) is 2.67. The lowest BCUT2D eigenvalue weighted by atomic mass is 10.0. The number of hydrogen-bond acceptors (Lipinski definition) is 3. The lowest BCUT2D eigenvalue weighted by Gasteiger charge is -2.27. The van der Waals surface area contributed by atoms with Crippen molar-refractivity contribution in [3.63, 3.8) is 0 Å². The van der Waals surface area contributed by atoms with E-state index in [0.717, 1.165) is 55.8 Å². The molecule has 0 aromatic heterocycles. The van der Waals surface area contributed by atoms with Gasteiger partial charge in [-0.05, 0) is 37.0 Å². The molecule has 1 aromatic rings. The molecule has 18 heavy (non-hydrogen) atoms. The van der Waals surface area contributed by atoms with Crippen LogP contribution in [0.25, 0.3) is 0 Å². The van der Waals surface area contributed by atoms with Gasteiger partial charge in [-0.2, -0.15) is 0 Å². The predicted octanol–water partition coefficient (Wildman–Crippen LogP) is 2.11. The van der Waals surface area contributed by atoms with E-state index >= 15 is 0 Å². The van der Waals surface area contributed by atoms with Crippen molar-refractivity contribution in [2.45, 2.75) is 20.3 Å². The molecule has 2 N–H and O–H groups in total. The van der Waals surface area contributed by atoms with Gasteiger partial charge in [0.1, 0.15) is 5.75 Å². The summed E-state index contributed by atoms with van der Waals surface area (Å²) in [6.45, 7) is 9.22. The van der Waals surface area contributed by atoms with Crippen LogP contribution in [0, 0.1) is 13.8 Å². The van der Waals surface area contributed by atoms with Gasteiger partial charge in [0.15, 0.2) is 0 Å². The molecule has 0 amide bonds. The lowest BCUT2D eigenvalue weighted by Crippen LogP contribution is -2.44. The molecule has 1 aliphatic rings. The van der Waals surface area contributed by atoms with E-state index in [-0.39, 0.29) is 5.75 Å². The maximum atomic E-state index is 10.1. The van der Waals surface area contributed by atoms with Crippen molar-refractivity contribution < 1.29 is 5.11 Å². The minimum atomic E-state index is 0.268. The van der Waals surface area contributed by atoms with Crippen molar-refractivity contribution in [2.75, 3.05) is 32.7 Å². The Morgan fingerprint density at radius 1 is 1.28 bits per heavy atom. The SMILES string of the molecule is Cc1cc(C)c(CCN2CCNCC2)c(O)c1Cl. The Morgan fingerprint density at radius 3 is 2.61 bits per heavy atom. The van der Waals surface area contributed by atoms with Gasteiger partial charge >= 0.3 is 0 Å². The fraction of sp³-hybridized carbons (Fsp3) is 0.571. The zero-order chi connectivity index (χ0) is 13.1. The monoisotopic (exact) mass is 268 g/mol. The van der Waals surface area contributed by atoms with Gasteiger partial charge in [-0.15, -0.1) is 0 Å². The van der Waals surface area contributed by atoms with Crippen LogP contribution in [0.1, 0.15) is 16.7 Å². The highest BCUT2D eigenvalue weighted by atomic mass is 35.5. The minimum absolute atomic E-state index is 0.268. The number of aryl methyl sites for hydroxylation is 2. The van der Waals surface area contributed by atoms with Gasteiger partial charge in [0.2, 0.25) is 0 Å². The van der Waals surface area contributed by atoms with Crippen LogP contribution >= 0.6 is 11.6 Å². The number of piperazine rings is 1. The molecule has 1 aliphatic heterocycles. The second kappa shape index (κ2) is 5.91. The first-order valence-corrected chi connectivity index (χ1v) is 6.88. The summed E-state index contributed by atoms with van der Waals surface area (Å²) in [4.78, 5) is 2.42. The topological polar surface area (TPSA) is 35.5 Å². The summed E-state index contributed by atoms with van der Waals surface area (Å²) in [7, 11) is 0. The van der Waals surface area contributed by atoms with E-state index in [0.29, 0.717) is 5.02 Å². The van der Waals surface area contributed by atoms with Crippen molar-refractivity contribution >= 4 is 11.6 Å². The second-order valence-electron chi connectivity index (χ2n) is 4.99. The van der Waals surface area contributed by atoms with Crippen molar-refractivity contribution in [2.24, 2.45) is 0 Å². The number of phenols is 1. The summed E-state index contributed by atoms with van der Waals surface area (Å²) < 4.78 is 0. The molecule has 0 atom stereocenters. The van der Waals surface area contributed by atoms with Gasteiger partial charge < -0.3 is 15.3 Å². The molecule has 3 nitrogen and oxygen atoms in total. The standard InChI is InChI=1S/C14H21ClN2O/c1-10-9-11(2)13(15)14(18)12(10)3-6-17-7-4-16-5-8-17/h9,16,18H,3-8H2,1-2H3. The number of nitrogens with zero attached hydrogens (tertiary/aromatic N) is 1. The van der Waals surface area contributed by atoms with Gasteiger partial charge in [0, 0.05) is 32.7 Å². The van der Waals surface area contributed by atoms with Crippen LogP contribution in [0.3, 0.4) is 0 Å². The van der Waals surface area contributed by atoms with Crippen LogP contribution in [0.5, 0.6) is 5.75 Å². The van der Waals surface area contributed by atoms with Crippen molar-refractivity contribution in [1.29, 1.82) is 0 Å². The third-order valence-electron chi connectivity index (χ3n) is 3.64. The Labute approximate surface area is 114 Å². The number of hydrogen-bond donors (Lipinski definition) is 2. The molecule has 1 heterocycles. The molecular formula is C14H21ClN2O. The van der Waals surface area contributed by atoms with E-state index in [1.54, 1.807) is 0 Å². The minimum Gasteiger partial charge on any atom is -0.506 e. The lowest BCUT2D eigenvalue weighted by molar-refractivity contribution is 0.243. The number of aromatic hydroxyl groups is 1. The molecule has 100 valence electrons. The summed E-state index contributed by atoms with van der Waals surface area (Å²) in [6, 6.07) is 2.05. The van der Waals surface area contributed by atoms with Crippen LogP contribution in [0.2, 0.25) is 5.02 Å². The van der Waals surface area contributed by atoms with E-state index in [9.17, 15) is 5.11 Å². The first kappa shape index (κ1) is 13.7. The molecule has 0 spiro atoms. The van der Waals surface area contributed by atoms with E-state index in [1.165, 1.54) is 0 Å². The maximum Gasteiger partial charge on any atom is 0.137 e. The van der Waals surface area contributed by atoms with E-state index in [2.05, 4.69) is 16.3 Å². The fourth-order valence-electron chi connectivity index (χ4n) is 2.50. The van der Waals surface area contributed by atoms with Crippen LogP contribution in [0.4, 0.5) is 0 Å². The highest BCUT2D eigenvalue weighted by Crippen LogP contribution is 2.33. The Bertz CT molecular complexity index is 428. The summed E-state index contributed by atoms with van der Waals surface area (Å²) in [5.41, 5.74) is 3.06. The van der Waals surface area contributed by atoms with E-state index in [1.807, 2.05) is 13.8 Å². The number of benzene rings is 1. The second-order valence-corrected chi connectivity index (χ2v) is 5.37. The average molecular weight is 269 g/mol. The summed E-state index contributed by atoms with van der Waals surface area (Å²) in [5.74, 6) is 0.268. The van der Waals surface area contributed by atoms with E-state index in [4.69, 9.17) is 11.6 Å². The van der Waals surface area contributed by atoms with Gasteiger partial charge in [-0.1, -0.05) is 17.7 Å². The third kappa shape index (κ3) is 2.97. The highest BCUT2D eigenvalue weighted by Gasteiger charge is 2.14. The van der Waals surface area contributed by atoms with Crippen LogP contribution in [0.15, 0.2) is 6.07 Å². The van der Waals surface area contributed by atoms with Gasteiger partial charge in [0.25, 0.3) is 0 Å². The van der Waals surface area contributed by atoms with Crippen LogP contribution in [-0.4, -0.2) is 42.7 Å². The van der Waals surface area contributed by atoms with Crippen LogP contribution in [-0.2, 0) is 6.42 Å². The molecule has 1 aromatic carbocycles. The molecule has 4 heteroatoms. The summed E-state index contributed by atoms with van der Waals surface area (Å²) in [6.07, 6.45) is 0.859. The highest BCUT2D eigenvalue weighted by molar-refractivity contribution is 6.32. The van der Waals surface area contributed by atoms with Crippen molar-refractivity contribution in [3.8, 4) is 5.75 Å². The molecule has 0 radical (unpaired) electrons. The van der Waals surface area contributed by atoms with Gasteiger partial charge in [-0.3, -0.25) is 0 Å². The molecular weight excluding hydrogens is 248 g/mol. The quantitative estimate of drug-likeness (QED) is 0.881. The summed E-state index contributed by atoms with van der Waals surface area (Å²) >= 11 is 6.10. The van der Waals surface area contributed by atoms with Crippen molar-refractivity contribution in [3.05, 3.63) is 27.8 Å². The predicted molar refractivity (Wildman–Crippen MR) is 75.6 cm³/mol. The largest absolute Gasteiger partial charge is 0.506 e. The molecule has 0 unspecified atom stereocenters. The number of rotatable bonds is 3. The smallest absolute Gasteiger partial charge is 0.137 e. The summed E-state index contributed by atoms with van der Waals surface area (Å²) in [5, 5.41) is 14.0. The average Bonchev–Trinajstić information content (AvgIpc) is 2.37. The molecule has 0 bridgehead atoms. The molecule has 0 aliphatic carbocycles. The van der Waals surface area contributed by atoms with Gasteiger partial charge in [-0.25, -0.2) is 0 Å². The Kier molecular flexibility index (Phi) is 4.49. The first-order chi connectivity index (χ1) is 8.59. The zero-order valence-corrected chi connectivity index (χ0v) is 11.8. The Morgan fingerprint density at radius 2 is 1.94 bits per heavy atom. The third-order valence-corrected chi connectivity index (χ3v) is 4.11.